The van der Waals surface area contributed by atoms with E-state index in [4.69, 9.17) is 4.74 Å². The first-order chi connectivity index (χ1) is 7.79. The van der Waals surface area contributed by atoms with Crippen LogP contribution >= 0.6 is 0 Å². The van der Waals surface area contributed by atoms with Gasteiger partial charge in [0.15, 0.2) is 0 Å². The Kier molecular flexibility index (Phi) is 4.73. The van der Waals surface area contributed by atoms with Gasteiger partial charge in [-0.05, 0) is 31.6 Å². The molecule has 1 heterocycles. The van der Waals surface area contributed by atoms with Crippen molar-refractivity contribution < 1.29 is 14.6 Å². The Morgan fingerprint density at radius 2 is 1.88 bits per heavy atom. The van der Waals surface area contributed by atoms with E-state index in [9.17, 15) is 9.90 Å². The standard InChI is InChI=1S/C14H26O3/c1-11(15)5-6-12(16)14(13(2,3)4)7-9-17-10-8-14/h11,15H,5-10H2,1-4H3. The summed E-state index contributed by atoms with van der Waals surface area (Å²) in [5.41, 5.74) is -0.299. The van der Waals surface area contributed by atoms with Gasteiger partial charge in [-0.3, -0.25) is 4.79 Å². The van der Waals surface area contributed by atoms with E-state index in [0.717, 1.165) is 12.8 Å². The zero-order valence-corrected chi connectivity index (χ0v) is 11.6. The molecular formula is C14H26O3. The number of hydrogen-bond donors (Lipinski definition) is 1. The van der Waals surface area contributed by atoms with Crippen LogP contribution in [0.5, 0.6) is 0 Å². The van der Waals surface area contributed by atoms with E-state index in [0.29, 0.717) is 31.8 Å². The van der Waals surface area contributed by atoms with Gasteiger partial charge in [-0.1, -0.05) is 20.8 Å². The molecule has 100 valence electrons. The highest BCUT2D eigenvalue weighted by molar-refractivity contribution is 5.85. The molecule has 0 aromatic carbocycles. The average Bonchev–Trinajstić information content (AvgIpc) is 2.25. The van der Waals surface area contributed by atoms with Crippen molar-refractivity contribution in [2.24, 2.45) is 10.8 Å². The van der Waals surface area contributed by atoms with E-state index in [1.54, 1.807) is 6.92 Å². The average molecular weight is 242 g/mol. The number of aliphatic hydroxyl groups is 1. The molecule has 0 spiro atoms. The minimum absolute atomic E-state index is 0.0352. The van der Waals surface area contributed by atoms with Crippen LogP contribution in [0.2, 0.25) is 0 Å². The van der Waals surface area contributed by atoms with E-state index in [2.05, 4.69) is 20.8 Å². The molecule has 1 N–H and O–H groups in total. The predicted molar refractivity (Wildman–Crippen MR) is 67.9 cm³/mol. The molecule has 1 fully saturated rings. The largest absolute Gasteiger partial charge is 0.393 e. The van der Waals surface area contributed by atoms with Crippen LogP contribution < -0.4 is 0 Å². The van der Waals surface area contributed by atoms with Crippen molar-refractivity contribution in [3.63, 3.8) is 0 Å². The van der Waals surface area contributed by atoms with Crippen LogP contribution in [0.4, 0.5) is 0 Å². The topological polar surface area (TPSA) is 46.5 Å². The summed E-state index contributed by atoms with van der Waals surface area (Å²) >= 11 is 0. The number of aliphatic hydroxyl groups excluding tert-OH is 1. The molecule has 3 nitrogen and oxygen atoms in total. The second-order valence-electron chi connectivity index (χ2n) is 6.26. The van der Waals surface area contributed by atoms with Crippen molar-refractivity contribution in [1.82, 2.24) is 0 Å². The lowest BCUT2D eigenvalue weighted by atomic mass is 9.59. The number of ketones is 1. The summed E-state index contributed by atoms with van der Waals surface area (Å²) < 4.78 is 5.39. The Hall–Kier alpha value is -0.410. The van der Waals surface area contributed by atoms with Gasteiger partial charge in [0.05, 0.1) is 6.10 Å². The summed E-state index contributed by atoms with van der Waals surface area (Å²) in [5.74, 6) is 0.300. The van der Waals surface area contributed by atoms with Crippen molar-refractivity contribution in [2.75, 3.05) is 13.2 Å². The van der Waals surface area contributed by atoms with Crippen LogP contribution in [0.1, 0.15) is 53.4 Å². The molecule has 0 radical (unpaired) electrons. The Morgan fingerprint density at radius 1 is 1.35 bits per heavy atom. The molecule has 3 heteroatoms. The van der Waals surface area contributed by atoms with Crippen LogP contribution in [0, 0.1) is 10.8 Å². The lowest BCUT2D eigenvalue weighted by Crippen LogP contribution is -2.47. The third kappa shape index (κ3) is 3.29. The number of ether oxygens (including phenoxy) is 1. The van der Waals surface area contributed by atoms with Crippen LogP contribution in [0.3, 0.4) is 0 Å². The van der Waals surface area contributed by atoms with E-state index in [-0.39, 0.29) is 10.8 Å². The first-order valence-corrected chi connectivity index (χ1v) is 6.59. The molecule has 17 heavy (non-hydrogen) atoms. The highest BCUT2D eigenvalue weighted by Crippen LogP contribution is 2.48. The molecular weight excluding hydrogens is 216 g/mol. The van der Waals surface area contributed by atoms with Gasteiger partial charge in [-0.2, -0.15) is 0 Å². The van der Waals surface area contributed by atoms with E-state index in [1.807, 2.05) is 0 Å². The third-order valence-corrected chi connectivity index (χ3v) is 4.10. The Morgan fingerprint density at radius 3 is 2.29 bits per heavy atom. The van der Waals surface area contributed by atoms with Crippen LogP contribution in [0.15, 0.2) is 0 Å². The maximum absolute atomic E-state index is 12.5. The third-order valence-electron chi connectivity index (χ3n) is 4.10. The Labute approximate surface area is 105 Å². The highest BCUT2D eigenvalue weighted by Gasteiger charge is 2.48. The quantitative estimate of drug-likeness (QED) is 0.824. The minimum Gasteiger partial charge on any atom is -0.393 e. The molecule has 1 saturated heterocycles. The van der Waals surface area contributed by atoms with Crippen molar-refractivity contribution in [1.29, 1.82) is 0 Å². The molecule has 0 saturated carbocycles. The first kappa shape index (κ1) is 14.7. The molecule has 1 aliphatic heterocycles. The van der Waals surface area contributed by atoms with E-state index < -0.39 is 6.10 Å². The second kappa shape index (κ2) is 5.49. The molecule has 1 atom stereocenters. The van der Waals surface area contributed by atoms with Crippen LogP contribution in [-0.4, -0.2) is 30.2 Å². The summed E-state index contributed by atoms with van der Waals surface area (Å²) in [6.45, 7) is 9.51. The summed E-state index contributed by atoms with van der Waals surface area (Å²) in [4.78, 5) is 12.5. The fourth-order valence-electron chi connectivity index (χ4n) is 2.75. The van der Waals surface area contributed by atoms with Gasteiger partial charge in [0, 0.05) is 25.0 Å². The van der Waals surface area contributed by atoms with Crippen molar-refractivity contribution in [2.45, 2.75) is 59.5 Å². The SMILES string of the molecule is CC(O)CCC(=O)C1(C(C)(C)C)CCOCC1. The molecule has 1 aliphatic rings. The fourth-order valence-corrected chi connectivity index (χ4v) is 2.75. The monoisotopic (exact) mass is 242 g/mol. The van der Waals surface area contributed by atoms with Gasteiger partial charge >= 0.3 is 0 Å². The second-order valence-corrected chi connectivity index (χ2v) is 6.26. The van der Waals surface area contributed by atoms with Gasteiger partial charge in [-0.15, -0.1) is 0 Å². The van der Waals surface area contributed by atoms with E-state index >= 15 is 0 Å². The smallest absolute Gasteiger partial charge is 0.139 e. The number of rotatable bonds is 4. The van der Waals surface area contributed by atoms with Crippen molar-refractivity contribution in [3.05, 3.63) is 0 Å². The van der Waals surface area contributed by atoms with E-state index in [1.165, 1.54) is 0 Å². The number of Topliss-reactive ketones (excluding diaryl/α,β-unsaturated/α-hetero) is 1. The van der Waals surface area contributed by atoms with Crippen molar-refractivity contribution >= 4 is 5.78 Å². The highest BCUT2D eigenvalue weighted by atomic mass is 16.5. The lowest BCUT2D eigenvalue weighted by molar-refractivity contribution is -0.144. The normalized spacial score (nSPS) is 22.2. The van der Waals surface area contributed by atoms with Crippen LogP contribution in [0.25, 0.3) is 0 Å². The fraction of sp³-hybridized carbons (Fsp3) is 0.929. The summed E-state index contributed by atoms with van der Waals surface area (Å²) in [5, 5.41) is 9.31. The number of carbonyl (C=O) groups is 1. The van der Waals surface area contributed by atoms with Gasteiger partial charge in [0.1, 0.15) is 5.78 Å². The molecule has 0 aromatic heterocycles. The predicted octanol–water partition coefficient (Wildman–Crippen LogP) is 2.56. The summed E-state index contributed by atoms with van der Waals surface area (Å²) in [6.07, 6.45) is 2.28. The van der Waals surface area contributed by atoms with Gasteiger partial charge < -0.3 is 9.84 Å². The number of hydrogen-bond acceptors (Lipinski definition) is 3. The van der Waals surface area contributed by atoms with Gasteiger partial charge in [-0.25, -0.2) is 0 Å². The first-order valence-electron chi connectivity index (χ1n) is 6.59. The van der Waals surface area contributed by atoms with Crippen molar-refractivity contribution in [3.8, 4) is 0 Å². The number of carbonyl (C=O) groups excluding carboxylic acids is 1. The van der Waals surface area contributed by atoms with Gasteiger partial charge in [0.25, 0.3) is 0 Å². The molecule has 0 amide bonds. The zero-order chi connectivity index (χ0) is 13.1. The molecule has 0 aliphatic carbocycles. The summed E-state index contributed by atoms with van der Waals surface area (Å²) in [6, 6.07) is 0. The Bertz CT molecular complexity index is 257. The summed E-state index contributed by atoms with van der Waals surface area (Å²) in [7, 11) is 0. The molecule has 1 unspecified atom stereocenters. The van der Waals surface area contributed by atoms with Crippen LogP contribution in [-0.2, 0) is 9.53 Å². The maximum Gasteiger partial charge on any atom is 0.139 e. The Balaban J connectivity index is 2.79. The molecule has 0 bridgehead atoms. The maximum atomic E-state index is 12.5. The minimum atomic E-state index is -0.393. The van der Waals surface area contributed by atoms with Gasteiger partial charge in [0.2, 0.25) is 0 Å². The molecule has 0 aromatic rings. The molecule has 1 rings (SSSR count). The zero-order valence-electron chi connectivity index (χ0n) is 11.6. The lowest BCUT2D eigenvalue weighted by Gasteiger charge is -2.46.